The van der Waals surface area contributed by atoms with Crippen LogP contribution in [-0.2, 0) is 4.74 Å². The highest BCUT2D eigenvalue weighted by atomic mass is 35.5. The lowest BCUT2D eigenvalue weighted by Gasteiger charge is -2.09. The number of H-pyrrole nitrogens is 1. The van der Waals surface area contributed by atoms with Crippen LogP contribution in [0, 0.1) is 6.92 Å². The van der Waals surface area contributed by atoms with Crippen LogP contribution in [0.1, 0.15) is 33.3 Å². The minimum Gasteiger partial charge on any atom is -0.462 e. The van der Waals surface area contributed by atoms with Gasteiger partial charge in [-0.25, -0.2) is 4.79 Å². The van der Waals surface area contributed by atoms with E-state index in [0.717, 1.165) is 0 Å². The van der Waals surface area contributed by atoms with Crippen molar-refractivity contribution < 1.29 is 14.3 Å². The Morgan fingerprint density at radius 1 is 1.22 bits per heavy atom. The Morgan fingerprint density at radius 3 is 2.48 bits per heavy atom. The molecular formula is C16H15ClN2O4. The zero-order chi connectivity index (χ0) is 17.0. The van der Waals surface area contributed by atoms with Gasteiger partial charge in [-0.15, -0.1) is 0 Å². The fraction of sp³-hybridized carbons (Fsp3) is 0.188. The molecule has 6 nitrogen and oxygen atoms in total. The van der Waals surface area contributed by atoms with Gasteiger partial charge in [-0.3, -0.25) is 9.59 Å². The molecule has 0 aliphatic heterocycles. The van der Waals surface area contributed by atoms with E-state index in [1.807, 2.05) is 0 Å². The van der Waals surface area contributed by atoms with Crippen LogP contribution in [0.15, 0.2) is 35.1 Å². The SMILES string of the molecule is CCOC(=O)c1cc(C(=O)Nc2ccc(Cl)cc2)c(=O)[nH]c1C. The van der Waals surface area contributed by atoms with Crippen LogP contribution in [0.25, 0.3) is 0 Å². The van der Waals surface area contributed by atoms with Crippen LogP contribution < -0.4 is 10.9 Å². The number of carbonyl (C=O) groups excluding carboxylic acids is 2. The summed E-state index contributed by atoms with van der Waals surface area (Å²) in [6.07, 6.45) is 0. The third-order valence-electron chi connectivity index (χ3n) is 3.08. The van der Waals surface area contributed by atoms with Crippen LogP contribution in [-0.4, -0.2) is 23.5 Å². The van der Waals surface area contributed by atoms with Crippen molar-refractivity contribution in [3.05, 3.63) is 62.5 Å². The molecule has 0 saturated carbocycles. The highest BCUT2D eigenvalue weighted by Gasteiger charge is 2.18. The number of carbonyl (C=O) groups is 2. The van der Waals surface area contributed by atoms with Crippen LogP contribution in [0.2, 0.25) is 5.02 Å². The fourth-order valence-corrected chi connectivity index (χ4v) is 2.07. The molecule has 0 radical (unpaired) electrons. The molecule has 0 fully saturated rings. The minimum absolute atomic E-state index is 0.146. The Labute approximate surface area is 137 Å². The first-order valence-electron chi connectivity index (χ1n) is 6.90. The van der Waals surface area contributed by atoms with Gasteiger partial charge in [0.1, 0.15) is 5.56 Å². The molecule has 2 N–H and O–H groups in total. The van der Waals surface area contributed by atoms with Crippen molar-refractivity contribution in [2.75, 3.05) is 11.9 Å². The summed E-state index contributed by atoms with van der Waals surface area (Å²) in [5.41, 5.74) is 0.219. The van der Waals surface area contributed by atoms with Crippen molar-refractivity contribution in [2.24, 2.45) is 0 Å². The van der Waals surface area contributed by atoms with E-state index in [-0.39, 0.29) is 17.7 Å². The molecule has 0 atom stereocenters. The van der Waals surface area contributed by atoms with Gasteiger partial charge < -0.3 is 15.0 Å². The summed E-state index contributed by atoms with van der Waals surface area (Å²) in [6, 6.07) is 7.67. The maximum atomic E-state index is 12.2. The Kier molecular flexibility index (Phi) is 5.18. The summed E-state index contributed by atoms with van der Waals surface area (Å²) >= 11 is 5.77. The first kappa shape index (κ1) is 16.8. The average molecular weight is 335 g/mol. The third kappa shape index (κ3) is 3.98. The van der Waals surface area contributed by atoms with Crippen molar-refractivity contribution in [1.82, 2.24) is 4.98 Å². The lowest BCUT2D eigenvalue weighted by atomic mass is 10.1. The molecule has 0 aliphatic rings. The number of hydrogen-bond acceptors (Lipinski definition) is 4. The number of halogens is 1. The normalized spacial score (nSPS) is 10.2. The van der Waals surface area contributed by atoms with E-state index in [9.17, 15) is 14.4 Å². The Morgan fingerprint density at radius 2 is 1.87 bits per heavy atom. The smallest absolute Gasteiger partial charge is 0.339 e. The largest absolute Gasteiger partial charge is 0.462 e. The second-order valence-corrected chi connectivity index (χ2v) is 5.17. The van der Waals surface area contributed by atoms with E-state index in [2.05, 4.69) is 10.3 Å². The van der Waals surface area contributed by atoms with Crippen LogP contribution in [0.4, 0.5) is 5.69 Å². The van der Waals surface area contributed by atoms with E-state index in [1.54, 1.807) is 38.1 Å². The summed E-state index contributed by atoms with van der Waals surface area (Å²) in [5, 5.41) is 3.10. The predicted molar refractivity (Wildman–Crippen MR) is 87.2 cm³/mol. The van der Waals surface area contributed by atoms with Gasteiger partial charge >= 0.3 is 5.97 Å². The summed E-state index contributed by atoms with van der Waals surface area (Å²) in [7, 11) is 0. The first-order chi connectivity index (χ1) is 10.9. The molecule has 1 aromatic carbocycles. The van der Waals surface area contributed by atoms with E-state index >= 15 is 0 Å². The molecule has 0 aliphatic carbocycles. The molecule has 0 spiro atoms. The topological polar surface area (TPSA) is 88.3 Å². The first-order valence-corrected chi connectivity index (χ1v) is 7.28. The number of aromatic nitrogens is 1. The van der Waals surface area contributed by atoms with Gasteiger partial charge in [0.05, 0.1) is 12.2 Å². The molecule has 1 aromatic heterocycles. The number of esters is 1. The van der Waals surface area contributed by atoms with Crippen molar-refractivity contribution >= 4 is 29.2 Å². The van der Waals surface area contributed by atoms with Gasteiger partial charge in [-0.1, -0.05) is 11.6 Å². The number of aromatic amines is 1. The van der Waals surface area contributed by atoms with Crippen LogP contribution in [0.3, 0.4) is 0 Å². The molecular weight excluding hydrogens is 320 g/mol. The summed E-state index contributed by atoms with van der Waals surface area (Å²) in [5.74, 6) is -1.22. The number of ether oxygens (including phenoxy) is 1. The quantitative estimate of drug-likeness (QED) is 0.841. The van der Waals surface area contributed by atoms with Gasteiger partial charge in [0, 0.05) is 16.4 Å². The van der Waals surface area contributed by atoms with E-state index in [1.165, 1.54) is 6.07 Å². The molecule has 0 bridgehead atoms. The molecule has 2 rings (SSSR count). The minimum atomic E-state index is -0.626. The number of hydrogen-bond donors (Lipinski definition) is 2. The molecule has 1 amide bonds. The fourth-order valence-electron chi connectivity index (χ4n) is 1.94. The van der Waals surface area contributed by atoms with E-state index in [0.29, 0.717) is 16.4 Å². The van der Waals surface area contributed by atoms with Crippen molar-refractivity contribution in [3.63, 3.8) is 0 Å². The average Bonchev–Trinajstić information content (AvgIpc) is 2.49. The maximum absolute atomic E-state index is 12.2. The number of nitrogens with one attached hydrogen (secondary N) is 2. The lowest BCUT2D eigenvalue weighted by Crippen LogP contribution is -2.25. The van der Waals surface area contributed by atoms with E-state index < -0.39 is 17.4 Å². The molecule has 0 saturated heterocycles. The number of amides is 1. The number of benzene rings is 1. The maximum Gasteiger partial charge on any atom is 0.339 e. The molecule has 120 valence electrons. The van der Waals surface area contributed by atoms with Crippen molar-refractivity contribution in [2.45, 2.75) is 13.8 Å². The lowest BCUT2D eigenvalue weighted by molar-refractivity contribution is 0.0525. The molecule has 7 heteroatoms. The predicted octanol–water partition coefficient (Wildman–Crippen LogP) is 2.77. The van der Waals surface area contributed by atoms with Crippen LogP contribution >= 0.6 is 11.6 Å². The standard InChI is InChI=1S/C16H15ClN2O4/c1-3-23-16(22)12-8-13(14(20)18-9(12)2)15(21)19-11-6-4-10(17)5-7-11/h4-8H,3H2,1-2H3,(H,18,20)(H,19,21). The van der Waals surface area contributed by atoms with Gasteiger partial charge in [-0.05, 0) is 44.2 Å². The second kappa shape index (κ2) is 7.11. The van der Waals surface area contributed by atoms with Gasteiger partial charge in [0.15, 0.2) is 0 Å². The van der Waals surface area contributed by atoms with Crippen LogP contribution in [0.5, 0.6) is 0 Å². The second-order valence-electron chi connectivity index (χ2n) is 4.73. The molecule has 1 heterocycles. The Balaban J connectivity index is 2.32. The third-order valence-corrected chi connectivity index (χ3v) is 3.33. The van der Waals surface area contributed by atoms with Gasteiger partial charge in [0.25, 0.3) is 11.5 Å². The highest BCUT2D eigenvalue weighted by Crippen LogP contribution is 2.14. The highest BCUT2D eigenvalue weighted by molar-refractivity contribution is 6.30. The van der Waals surface area contributed by atoms with Crippen molar-refractivity contribution in [1.29, 1.82) is 0 Å². The molecule has 0 unspecified atom stereocenters. The van der Waals surface area contributed by atoms with Crippen molar-refractivity contribution in [3.8, 4) is 0 Å². The molecule has 2 aromatic rings. The molecule has 23 heavy (non-hydrogen) atoms. The number of aryl methyl sites for hydroxylation is 1. The zero-order valence-electron chi connectivity index (χ0n) is 12.6. The van der Waals surface area contributed by atoms with E-state index in [4.69, 9.17) is 16.3 Å². The Bertz CT molecular complexity index is 797. The summed E-state index contributed by atoms with van der Waals surface area (Å²) in [4.78, 5) is 38.6. The number of pyridine rings is 1. The summed E-state index contributed by atoms with van der Waals surface area (Å²) in [6.45, 7) is 3.44. The monoisotopic (exact) mass is 334 g/mol. The summed E-state index contributed by atoms with van der Waals surface area (Å²) < 4.78 is 4.91. The number of anilines is 1. The van der Waals surface area contributed by atoms with Gasteiger partial charge in [-0.2, -0.15) is 0 Å². The number of rotatable bonds is 4. The zero-order valence-corrected chi connectivity index (χ0v) is 13.4. The van der Waals surface area contributed by atoms with Gasteiger partial charge in [0.2, 0.25) is 0 Å². The Hall–Kier alpha value is -2.60.